The summed E-state index contributed by atoms with van der Waals surface area (Å²) in [5, 5.41) is 2.89. The van der Waals surface area contributed by atoms with Gasteiger partial charge >= 0.3 is 0 Å². The lowest BCUT2D eigenvalue weighted by atomic mass is 10.1. The minimum absolute atomic E-state index is 0.0269. The number of nitrogens with zero attached hydrogens (tertiary/aromatic N) is 1. The van der Waals surface area contributed by atoms with Crippen molar-refractivity contribution in [1.82, 2.24) is 10.2 Å². The first-order valence-corrected chi connectivity index (χ1v) is 11.2. The van der Waals surface area contributed by atoms with E-state index in [1.54, 1.807) is 11.8 Å². The molecule has 1 N–H and O–H groups in total. The van der Waals surface area contributed by atoms with Crippen LogP contribution in [0.1, 0.15) is 42.7 Å². The first kappa shape index (κ1) is 21.2. The van der Waals surface area contributed by atoms with E-state index in [9.17, 15) is 9.59 Å². The van der Waals surface area contributed by atoms with Gasteiger partial charge in [0.15, 0.2) is 0 Å². The van der Waals surface area contributed by atoms with Crippen molar-refractivity contribution < 1.29 is 14.3 Å². The summed E-state index contributed by atoms with van der Waals surface area (Å²) in [5.41, 5.74) is 2.24. The van der Waals surface area contributed by atoms with Crippen molar-refractivity contribution in [3.8, 4) is 5.75 Å². The van der Waals surface area contributed by atoms with Gasteiger partial charge in [0.05, 0.1) is 12.4 Å². The maximum Gasteiger partial charge on any atom is 0.234 e. The first-order chi connectivity index (χ1) is 14.2. The van der Waals surface area contributed by atoms with Gasteiger partial charge in [-0.15, -0.1) is 11.8 Å². The molecule has 1 aliphatic rings. The van der Waals surface area contributed by atoms with Gasteiger partial charge in [-0.25, -0.2) is 0 Å². The first-order valence-electron chi connectivity index (χ1n) is 10.1. The molecule has 0 saturated carbocycles. The zero-order chi connectivity index (χ0) is 20.5. The molecule has 1 aliphatic heterocycles. The molecule has 2 amide bonds. The monoisotopic (exact) mass is 412 g/mol. The number of hydrogen-bond donors (Lipinski definition) is 1. The summed E-state index contributed by atoms with van der Waals surface area (Å²) in [4.78, 5) is 25.9. The van der Waals surface area contributed by atoms with Crippen LogP contribution < -0.4 is 10.1 Å². The molecule has 1 saturated heterocycles. The minimum Gasteiger partial charge on any atom is -0.494 e. The second-order valence-corrected chi connectivity index (χ2v) is 8.11. The van der Waals surface area contributed by atoms with Crippen molar-refractivity contribution in [3.05, 3.63) is 65.7 Å². The summed E-state index contributed by atoms with van der Waals surface area (Å²) in [6.07, 6.45) is 2.12. The molecule has 1 unspecified atom stereocenters. The SMILES string of the molecule is CCCNC(=O)CCCOc1ccc(C2SCC(=O)N2Cc2ccccc2)cc1. The van der Waals surface area contributed by atoms with Crippen molar-refractivity contribution >= 4 is 23.6 Å². The predicted molar refractivity (Wildman–Crippen MR) is 117 cm³/mol. The summed E-state index contributed by atoms with van der Waals surface area (Å²) >= 11 is 1.66. The number of hydrogen-bond acceptors (Lipinski definition) is 4. The van der Waals surface area contributed by atoms with Crippen LogP contribution in [0.2, 0.25) is 0 Å². The highest BCUT2D eigenvalue weighted by Crippen LogP contribution is 2.39. The van der Waals surface area contributed by atoms with Crippen LogP contribution in [-0.4, -0.2) is 35.6 Å². The Bertz CT molecular complexity index is 796. The Morgan fingerprint density at radius 2 is 1.93 bits per heavy atom. The minimum atomic E-state index is 0.0269. The van der Waals surface area contributed by atoms with Gasteiger partial charge in [0.25, 0.3) is 0 Å². The molecule has 0 aromatic heterocycles. The summed E-state index contributed by atoms with van der Waals surface area (Å²) in [7, 11) is 0. The molecule has 2 aromatic carbocycles. The third-order valence-electron chi connectivity index (χ3n) is 4.72. The average molecular weight is 413 g/mol. The van der Waals surface area contributed by atoms with Gasteiger partial charge in [0.2, 0.25) is 11.8 Å². The number of rotatable bonds is 10. The van der Waals surface area contributed by atoms with E-state index in [1.165, 1.54) is 0 Å². The normalized spacial score (nSPS) is 16.1. The van der Waals surface area contributed by atoms with E-state index in [-0.39, 0.29) is 17.2 Å². The van der Waals surface area contributed by atoms with E-state index in [1.807, 2.05) is 66.4 Å². The fraction of sp³-hybridized carbons (Fsp3) is 0.391. The Kier molecular flexibility index (Phi) is 7.99. The molecule has 2 aromatic rings. The Morgan fingerprint density at radius 3 is 2.66 bits per heavy atom. The van der Waals surface area contributed by atoms with E-state index in [0.29, 0.717) is 31.7 Å². The molecule has 154 valence electrons. The molecule has 0 bridgehead atoms. The van der Waals surface area contributed by atoms with Gasteiger partial charge in [-0.3, -0.25) is 9.59 Å². The van der Waals surface area contributed by atoms with Crippen molar-refractivity contribution in [1.29, 1.82) is 0 Å². The van der Waals surface area contributed by atoms with E-state index >= 15 is 0 Å². The molecule has 0 aliphatic carbocycles. The molecule has 0 radical (unpaired) electrons. The Balaban J connectivity index is 1.51. The molecule has 29 heavy (non-hydrogen) atoms. The fourth-order valence-corrected chi connectivity index (χ4v) is 4.37. The number of ether oxygens (including phenoxy) is 1. The lowest BCUT2D eigenvalue weighted by Gasteiger charge is -2.24. The smallest absolute Gasteiger partial charge is 0.234 e. The molecule has 1 heterocycles. The van der Waals surface area contributed by atoms with Crippen LogP contribution in [-0.2, 0) is 16.1 Å². The molecule has 5 nitrogen and oxygen atoms in total. The van der Waals surface area contributed by atoms with Crippen LogP contribution in [0.5, 0.6) is 5.75 Å². The van der Waals surface area contributed by atoms with Crippen LogP contribution >= 0.6 is 11.8 Å². The average Bonchev–Trinajstić information content (AvgIpc) is 3.11. The Hall–Kier alpha value is -2.47. The summed E-state index contributed by atoms with van der Waals surface area (Å²) < 4.78 is 5.75. The Labute approximate surface area is 176 Å². The van der Waals surface area contributed by atoms with E-state index in [2.05, 4.69) is 5.32 Å². The van der Waals surface area contributed by atoms with Crippen LogP contribution in [0.3, 0.4) is 0 Å². The van der Waals surface area contributed by atoms with Gasteiger partial charge in [-0.1, -0.05) is 49.4 Å². The number of benzene rings is 2. The standard InChI is InChI=1S/C23H28N2O3S/c1-2-14-24-21(26)9-6-15-28-20-12-10-19(11-13-20)23-25(22(27)17-29-23)16-18-7-4-3-5-8-18/h3-5,7-8,10-13,23H,2,6,9,14-17H2,1H3,(H,24,26). The largest absolute Gasteiger partial charge is 0.494 e. The van der Waals surface area contributed by atoms with Gasteiger partial charge < -0.3 is 15.0 Å². The van der Waals surface area contributed by atoms with Crippen LogP contribution in [0.4, 0.5) is 0 Å². The van der Waals surface area contributed by atoms with E-state index in [0.717, 1.165) is 29.8 Å². The molecular weight excluding hydrogens is 384 g/mol. The molecule has 0 spiro atoms. The Morgan fingerprint density at radius 1 is 1.17 bits per heavy atom. The lowest BCUT2D eigenvalue weighted by Crippen LogP contribution is -2.27. The van der Waals surface area contributed by atoms with Gasteiger partial charge in [0, 0.05) is 19.5 Å². The number of carbonyl (C=O) groups excluding carboxylic acids is 2. The van der Waals surface area contributed by atoms with Gasteiger partial charge in [0.1, 0.15) is 11.1 Å². The highest BCUT2D eigenvalue weighted by molar-refractivity contribution is 8.00. The third kappa shape index (κ3) is 6.26. The van der Waals surface area contributed by atoms with Crippen LogP contribution in [0.25, 0.3) is 0 Å². The van der Waals surface area contributed by atoms with E-state index < -0.39 is 0 Å². The highest BCUT2D eigenvalue weighted by atomic mass is 32.2. The van der Waals surface area contributed by atoms with Crippen molar-refractivity contribution in [2.45, 2.75) is 38.1 Å². The zero-order valence-corrected chi connectivity index (χ0v) is 17.6. The van der Waals surface area contributed by atoms with Crippen LogP contribution in [0.15, 0.2) is 54.6 Å². The summed E-state index contributed by atoms with van der Waals surface area (Å²) in [5.74, 6) is 1.54. The number of thioether (sulfide) groups is 1. The molecular formula is C23H28N2O3S. The summed E-state index contributed by atoms with van der Waals surface area (Å²) in [6, 6.07) is 18.0. The quantitative estimate of drug-likeness (QED) is 0.596. The highest BCUT2D eigenvalue weighted by Gasteiger charge is 2.32. The maximum absolute atomic E-state index is 12.4. The van der Waals surface area contributed by atoms with Crippen molar-refractivity contribution in [2.24, 2.45) is 0 Å². The second-order valence-electron chi connectivity index (χ2n) is 7.04. The molecule has 6 heteroatoms. The number of nitrogens with one attached hydrogen (secondary N) is 1. The molecule has 3 rings (SSSR count). The predicted octanol–water partition coefficient (Wildman–Crippen LogP) is 4.15. The van der Waals surface area contributed by atoms with Crippen molar-refractivity contribution in [3.63, 3.8) is 0 Å². The van der Waals surface area contributed by atoms with Crippen LogP contribution in [0, 0.1) is 0 Å². The topological polar surface area (TPSA) is 58.6 Å². The number of carbonyl (C=O) groups is 2. The summed E-state index contributed by atoms with van der Waals surface area (Å²) in [6.45, 7) is 3.89. The molecule has 1 atom stereocenters. The maximum atomic E-state index is 12.4. The molecule has 1 fully saturated rings. The van der Waals surface area contributed by atoms with Gasteiger partial charge in [-0.05, 0) is 36.1 Å². The van der Waals surface area contributed by atoms with Gasteiger partial charge in [-0.2, -0.15) is 0 Å². The lowest BCUT2D eigenvalue weighted by molar-refractivity contribution is -0.128. The fourth-order valence-electron chi connectivity index (χ4n) is 3.19. The second kappa shape index (κ2) is 10.9. The zero-order valence-electron chi connectivity index (χ0n) is 16.8. The van der Waals surface area contributed by atoms with E-state index in [4.69, 9.17) is 4.74 Å². The van der Waals surface area contributed by atoms with Crippen molar-refractivity contribution in [2.75, 3.05) is 18.9 Å². The third-order valence-corrected chi connectivity index (χ3v) is 5.97. The number of amides is 2.